The second-order valence-corrected chi connectivity index (χ2v) is 18.7. The number of amides is 1. The van der Waals surface area contributed by atoms with E-state index in [9.17, 15) is 19.8 Å². The number of aliphatic hydroxyl groups is 1. The molecule has 2 aromatic heterocycles. The summed E-state index contributed by atoms with van der Waals surface area (Å²) in [6.07, 6.45) is 10.9. The van der Waals surface area contributed by atoms with Crippen molar-refractivity contribution in [1.29, 1.82) is 0 Å². The first-order chi connectivity index (χ1) is 28.6. The van der Waals surface area contributed by atoms with Gasteiger partial charge in [-0.2, -0.15) is 0 Å². The van der Waals surface area contributed by atoms with Gasteiger partial charge in [0.2, 0.25) is 0 Å². The highest BCUT2D eigenvalue weighted by molar-refractivity contribution is 6.39. The number of hydrogen-bond acceptors (Lipinski definition) is 8. The van der Waals surface area contributed by atoms with Gasteiger partial charge in [0.15, 0.2) is 5.82 Å². The first kappa shape index (κ1) is 42.4. The Kier molecular flexibility index (Phi) is 11.7. The number of rotatable bonds is 13. The van der Waals surface area contributed by atoms with Crippen LogP contribution in [0.1, 0.15) is 104 Å². The molecule has 8 rings (SSSR count). The summed E-state index contributed by atoms with van der Waals surface area (Å²) in [5.41, 5.74) is 3.46. The first-order valence-corrected chi connectivity index (χ1v) is 21.6. The quantitative estimate of drug-likeness (QED) is 0.121. The Labute approximate surface area is 360 Å². The number of benzene rings is 2. The highest BCUT2D eigenvalue weighted by Gasteiger charge is 2.57. The van der Waals surface area contributed by atoms with Crippen LogP contribution in [0.25, 0.3) is 23.0 Å². The number of halogens is 3. The fraction of sp³-hybridized carbons (Fsp3) is 0.478. The predicted molar refractivity (Wildman–Crippen MR) is 232 cm³/mol. The van der Waals surface area contributed by atoms with Gasteiger partial charge in [-0.1, -0.05) is 53.5 Å². The number of methoxy groups -OCH3 is 1. The van der Waals surface area contributed by atoms with E-state index >= 15 is 4.39 Å². The first-order valence-electron chi connectivity index (χ1n) is 20.9. The number of nitrogens with one attached hydrogen (secondary N) is 1. The molecule has 0 spiro atoms. The van der Waals surface area contributed by atoms with E-state index in [-0.39, 0.29) is 33.0 Å². The van der Waals surface area contributed by atoms with Gasteiger partial charge in [0.05, 0.1) is 39.6 Å². The zero-order valence-corrected chi connectivity index (χ0v) is 36.2. The molecule has 2 aliphatic heterocycles. The van der Waals surface area contributed by atoms with Crippen molar-refractivity contribution in [1.82, 2.24) is 24.3 Å². The fourth-order valence-electron chi connectivity index (χ4n) is 10.4. The summed E-state index contributed by atoms with van der Waals surface area (Å²) in [5, 5.41) is 24.0. The lowest BCUT2D eigenvalue weighted by molar-refractivity contribution is -0.148. The average Bonchev–Trinajstić information content (AvgIpc) is 4.02. The van der Waals surface area contributed by atoms with Crippen molar-refractivity contribution in [3.05, 3.63) is 92.7 Å². The molecule has 4 aromatic rings. The molecule has 318 valence electrons. The monoisotopic (exact) mass is 858 g/mol. The van der Waals surface area contributed by atoms with Crippen molar-refractivity contribution < 1.29 is 28.9 Å². The number of carboxylic acids is 1. The Hall–Kier alpha value is -4.33. The molecule has 0 radical (unpaired) electrons. The third kappa shape index (κ3) is 8.09. The normalized spacial score (nSPS) is 23.3. The number of carbonyl (C=O) groups is 2. The number of carboxylic acid groups (broad SMARTS) is 1. The summed E-state index contributed by atoms with van der Waals surface area (Å²) < 4.78 is 23.4. The molecule has 4 aliphatic rings. The third-order valence-electron chi connectivity index (χ3n) is 13.7. The number of pyridine rings is 1. The van der Waals surface area contributed by atoms with Crippen LogP contribution in [0.3, 0.4) is 0 Å². The number of ether oxygens (including phenoxy) is 1. The molecule has 1 atom stereocenters. The predicted octanol–water partition coefficient (Wildman–Crippen LogP) is 9.04. The third-order valence-corrected chi connectivity index (χ3v) is 14.6. The Balaban J connectivity index is 0.949. The Morgan fingerprint density at radius 2 is 1.82 bits per heavy atom. The van der Waals surface area contributed by atoms with E-state index < -0.39 is 28.7 Å². The highest BCUT2D eigenvalue weighted by atomic mass is 35.5. The molecule has 3 N–H and O–H groups in total. The molecule has 2 aliphatic carbocycles. The minimum Gasteiger partial charge on any atom is -0.496 e. The van der Waals surface area contributed by atoms with Crippen LogP contribution in [0.15, 0.2) is 48.7 Å². The van der Waals surface area contributed by atoms with Crippen molar-refractivity contribution in [2.24, 2.45) is 17.9 Å². The van der Waals surface area contributed by atoms with Crippen LogP contribution in [-0.2, 0) is 31.4 Å². The van der Waals surface area contributed by atoms with Gasteiger partial charge in [-0.05, 0) is 101 Å². The number of imidazole rings is 1. The molecule has 60 heavy (non-hydrogen) atoms. The van der Waals surface area contributed by atoms with E-state index in [1.165, 1.54) is 6.08 Å². The lowest BCUT2D eigenvalue weighted by Gasteiger charge is -2.34. The number of fused-ring (bicyclic) bond motifs is 3. The maximum absolute atomic E-state index is 15.9. The summed E-state index contributed by atoms with van der Waals surface area (Å²) in [6, 6.07) is 12.1. The van der Waals surface area contributed by atoms with Gasteiger partial charge in [0.25, 0.3) is 5.91 Å². The van der Waals surface area contributed by atoms with Crippen LogP contribution in [0, 0.1) is 10.8 Å². The summed E-state index contributed by atoms with van der Waals surface area (Å²) >= 11 is 13.9. The molecule has 1 saturated heterocycles. The molecular weight excluding hydrogens is 806 g/mol. The summed E-state index contributed by atoms with van der Waals surface area (Å²) in [4.78, 5) is 39.5. The Morgan fingerprint density at radius 1 is 1.08 bits per heavy atom. The average molecular weight is 860 g/mol. The highest BCUT2D eigenvalue weighted by Crippen LogP contribution is 2.63. The van der Waals surface area contributed by atoms with Crippen LogP contribution in [0.2, 0.25) is 10.0 Å². The van der Waals surface area contributed by atoms with Gasteiger partial charge in [0, 0.05) is 73.8 Å². The maximum atomic E-state index is 15.9. The van der Waals surface area contributed by atoms with Gasteiger partial charge in [-0.3, -0.25) is 24.4 Å². The molecule has 2 aromatic carbocycles. The molecule has 1 amide bonds. The number of aliphatic carboxylic acids is 1. The Bertz CT molecular complexity index is 2350. The molecule has 2 bridgehead atoms. The number of aromatic nitrogens is 3. The molecule has 3 fully saturated rings. The van der Waals surface area contributed by atoms with Crippen LogP contribution in [0.5, 0.6) is 5.75 Å². The standard InChI is InChI=1S/C46H53Cl2FN6O5/c1-44(2,59)38-12-7-19-55(38)25-29-24-50-34(23-37(29)60-4)32(49)22-28-8-5-9-30(39(28)47)31-10-6-11-33(40(31)48)52-42(56)41-51-35-26-54(20-13-36(35)53(41)3)21-18-45-14-16-46(27-45,17-15-45)43(57)58/h5-6,8-11,22-24,38,59H,7,12-21,25-27H2,1-4H3,(H,52,56)(H,57,58)/b32-22-/t38-,45?,46?/m0/s1. The lowest BCUT2D eigenvalue weighted by Crippen LogP contribution is -2.45. The summed E-state index contributed by atoms with van der Waals surface area (Å²) in [5.74, 6) is -0.842. The number of nitrogens with zero attached hydrogens (tertiary/aromatic N) is 5. The molecule has 14 heteroatoms. The number of anilines is 1. The summed E-state index contributed by atoms with van der Waals surface area (Å²) in [6.45, 7) is 7.37. The van der Waals surface area contributed by atoms with Gasteiger partial charge in [0.1, 0.15) is 17.3 Å². The van der Waals surface area contributed by atoms with E-state index in [2.05, 4.69) is 20.1 Å². The SMILES string of the molecule is COc1cc(/C(F)=C/c2cccc(-c3cccc(NC(=O)c4nc5c(n4C)CCN(CCC46CCC(C(=O)O)(CC4)C6)C5)c3Cl)c2Cl)ncc1CN1CCC[C@H]1C(C)(C)O. The van der Waals surface area contributed by atoms with E-state index in [1.807, 2.05) is 25.5 Å². The molecule has 0 unspecified atom stereocenters. The van der Waals surface area contributed by atoms with Crippen molar-refractivity contribution in [3.8, 4) is 16.9 Å². The van der Waals surface area contributed by atoms with E-state index in [0.717, 1.165) is 94.4 Å². The summed E-state index contributed by atoms with van der Waals surface area (Å²) in [7, 11) is 3.40. The number of carbonyl (C=O) groups excluding carboxylic acids is 1. The largest absolute Gasteiger partial charge is 0.496 e. The van der Waals surface area contributed by atoms with Crippen LogP contribution < -0.4 is 10.1 Å². The van der Waals surface area contributed by atoms with Gasteiger partial charge in [-0.15, -0.1) is 0 Å². The van der Waals surface area contributed by atoms with Crippen molar-refractivity contribution in [2.75, 3.05) is 32.1 Å². The fourth-order valence-corrected chi connectivity index (χ4v) is 10.9. The van der Waals surface area contributed by atoms with E-state index in [4.69, 9.17) is 32.9 Å². The zero-order valence-electron chi connectivity index (χ0n) is 34.7. The number of likely N-dealkylation sites (tertiary alicyclic amines) is 1. The van der Waals surface area contributed by atoms with Gasteiger partial charge >= 0.3 is 5.97 Å². The number of hydrogen-bond donors (Lipinski definition) is 3. The van der Waals surface area contributed by atoms with Gasteiger partial charge < -0.3 is 24.8 Å². The van der Waals surface area contributed by atoms with E-state index in [0.29, 0.717) is 41.2 Å². The van der Waals surface area contributed by atoms with Crippen LogP contribution >= 0.6 is 23.2 Å². The van der Waals surface area contributed by atoms with Gasteiger partial charge in [-0.25, -0.2) is 9.37 Å². The lowest BCUT2D eigenvalue weighted by atomic mass is 9.80. The molecule has 4 heterocycles. The second-order valence-electron chi connectivity index (χ2n) is 17.9. The minimum atomic E-state index is -0.851. The van der Waals surface area contributed by atoms with Crippen molar-refractivity contribution in [3.63, 3.8) is 0 Å². The Morgan fingerprint density at radius 3 is 2.52 bits per heavy atom. The zero-order chi connectivity index (χ0) is 42.6. The topological polar surface area (TPSA) is 133 Å². The minimum absolute atomic E-state index is 0.00261. The van der Waals surface area contributed by atoms with Crippen LogP contribution in [0.4, 0.5) is 10.1 Å². The maximum Gasteiger partial charge on any atom is 0.309 e. The smallest absolute Gasteiger partial charge is 0.309 e. The van der Waals surface area contributed by atoms with E-state index in [1.54, 1.807) is 55.8 Å². The van der Waals surface area contributed by atoms with Crippen molar-refractivity contribution in [2.45, 2.75) is 96.4 Å². The van der Waals surface area contributed by atoms with Crippen molar-refractivity contribution >= 4 is 52.7 Å². The molecule has 2 saturated carbocycles. The molecular formula is C46H53Cl2FN6O5. The molecule has 11 nitrogen and oxygen atoms in total. The van der Waals surface area contributed by atoms with Crippen LogP contribution in [-0.4, -0.2) is 84.8 Å². The second kappa shape index (κ2) is 16.5.